The lowest BCUT2D eigenvalue weighted by Crippen LogP contribution is -2.23. The molecule has 5 heteroatoms. The van der Waals surface area contributed by atoms with Crippen LogP contribution in [0.25, 0.3) is 11.1 Å². The number of benzene rings is 2. The van der Waals surface area contributed by atoms with Crippen LogP contribution in [0.5, 0.6) is 11.8 Å². The summed E-state index contributed by atoms with van der Waals surface area (Å²) in [5.41, 5.74) is 5.18. The van der Waals surface area contributed by atoms with Crippen molar-refractivity contribution in [3.63, 3.8) is 0 Å². The predicted octanol–water partition coefficient (Wildman–Crippen LogP) is 3.63. The van der Waals surface area contributed by atoms with Gasteiger partial charge in [-0.3, -0.25) is 9.36 Å². The lowest BCUT2D eigenvalue weighted by Gasteiger charge is -2.17. The highest BCUT2D eigenvalue weighted by atomic mass is 16.6. The van der Waals surface area contributed by atoms with Gasteiger partial charge in [-0.1, -0.05) is 30.3 Å². The van der Waals surface area contributed by atoms with Gasteiger partial charge in [-0.15, -0.1) is 0 Å². The van der Waals surface area contributed by atoms with Crippen molar-refractivity contribution in [2.24, 2.45) is 0 Å². The van der Waals surface area contributed by atoms with E-state index in [4.69, 9.17) is 9.47 Å². The van der Waals surface area contributed by atoms with Crippen LogP contribution in [0.15, 0.2) is 59.5 Å². The Morgan fingerprint density at radius 2 is 1.79 bits per heavy atom. The van der Waals surface area contributed by atoms with Gasteiger partial charge >= 0.3 is 0 Å². The normalized spacial score (nSPS) is 17.5. The number of ether oxygens (including phenoxy) is 2. The summed E-state index contributed by atoms with van der Waals surface area (Å²) in [7, 11) is 0. The number of aryl methyl sites for hydroxylation is 2. The third-order valence-corrected chi connectivity index (χ3v) is 5.49. The molecule has 0 bridgehead atoms. The lowest BCUT2D eigenvalue weighted by molar-refractivity contribution is 0.143. The summed E-state index contributed by atoms with van der Waals surface area (Å²) in [4.78, 5) is 15.2. The topological polar surface area (TPSA) is 53.4 Å². The van der Waals surface area contributed by atoms with E-state index >= 15 is 0 Å². The zero-order valence-corrected chi connectivity index (χ0v) is 15.6. The molecule has 0 fully saturated rings. The fourth-order valence-corrected chi connectivity index (χ4v) is 3.98. The molecule has 2 aromatic carbocycles. The summed E-state index contributed by atoms with van der Waals surface area (Å²) in [6.07, 6.45) is 6.56. The van der Waals surface area contributed by atoms with E-state index in [2.05, 4.69) is 35.3 Å². The van der Waals surface area contributed by atoms with Crippen LogP contribution < -0.4 is 15.0 Å². The second-order valence-electron chi connectivity index (χ2n) is 7.47. The van der Waals surface area contributed by atoms with Gasteiger partial charge in [0.15, 0.2) is 6.10 Å². The first-order valence-electron chi connectivity index (χ1n) is 9.84. The Kier molecular flexibility index (Phi) is 4.35. The van der Waals surface area contributed by atoms with Crippen molar-refractivity contribution >= 4 is 0 Å². The maximum Gasteiger partial charge on any atom is 0.300 e. The highest BCUT2D eigenvalue weighted by molar-refractivity contribution is 5.65. The monoisotopic (exact) mass is 374 g/mol. The minimum Gasteiger partial charge on any atom is -0.490 e. The van der Waals surface area contributed by atoms with Crippen molar-refractivity contribution in [3.8, 4) is 22.9 Å². The molecular formula is C23H22N2O3. The highest BCUT2D eigenvalue weighted by Crippen LogP contribution is 2.28. The summed E-state index contributed by atoms with van der Waals surface area (Å²) in [5.74, 6) is 0.809. The zero-order chi connectivity index (χ0) is 18.9. The molecule has 1 aliphatic heterocycles. The van der Waals surface area contributed by atoms with Crippen LogP contribution in [0.1, 0.15) is 24.0 Å². The summed E-state index contributed by atoms with van der Waals surface area (Å²) in [6.45, 7) is 1.05. The smallest absolute Gasteiger partial charge is 0.300 e. The van der Waals surface area contributed by atoms with E-state index in [0.29, 0.717) is 19.2 Å². The van der Waals surface area contributed by atoms with Crippen LogP contribution in [0.4, 0.5) is 0 Å². The largest absolute Gasteiger partial charge is 0.490 e. The molecule has 0 spiro atoms. The molecule has 0 amide bonds. The second kappa shape index (κ2) is 7.15. The van der Waals surface area contributed by atoms with Gasteiger partial charge in [-0.25, -0.2) is 0 Å². The van der Waals surface area contributed by atoms with Crippen molar-refractivity contribution < 1.29 is 9.47 Å². The van der Waals surface area contributed by atoms with Crippen LogP contribution in [0, 0.1) is 0 Å². The molecule has 0 saturated heterocycles. The standard InChI is InChI=1S/C23H22N2O3/c26-22-11-12-25-14-21(28-23(25)24-22)15-27-20-9-7-17(8-10-20)19-6-5-16-3-1-2-4-18(16)13-19/h5-13,21H,1-4,14-15H2/t21-/m0/s1. The fourth-order valence-electron chi connectivity index (χ4n) is 3.98. The summed E-state index contributed by atoms with van der Waals surface area (Å²) < 4.78 is 13.4. The fraction of sp³-hybridized carbons (Fsp3) is 0.304. The van der Waals surface area contributed by atoms with Crippen molar-refractivity contribution in [1.82, 2.24) is 9.55 Å². The van der Waals surface area contributed by atoms with Gasteiger partial charge in [0.05, 0.1) is 6.54 Å². The third kappa shape index (κ3) is 3.40. The second-order valence-corrected chi connectivity index (χ2v) is 7.47. The zero-order valence-electron chi connectivity index (χ0n) is 15.6. The Morgan fingerprint density at radius 3 is 2.64 bits per heavy atom. The molecule has 0 unspecified atom stereocenters. The first-order valence-corrected chi connectivity index (χ1v) is 9.84. The molecule has 2 aliphatic rings. The molecule has 28 heavy (non-hydrogen) atoms. The van der Waals surface area contributed by atoms with Gasteiger partial charge in [0.2, 0.25) is 0 Å². The molecule has 1 atom stereocenters. The number of aromatic nitrogens is 2. The van der Waals surface area contributed by atoms with E-state index in [1.54, 1.807) is 6.20 Å². The van der Waals surface area contributed by atoms with Gasteiger partial charge in [0.1, 0.15) is 12.4 Å². The molecule has 1 aromatic heterocycles. The molecule has 2 heterocycles. The summed E-state index contributed by atoms with van der Waals surface area (Å²) in [5, 5.41) is 0. The quantitative estimate of drug-likeness (QED) is 0.700. The highest BCUT2D eigenvalue weighted by Gasteiger charge is 2.23. The Labute approximate surface area is 163 Å². The van der Waals surface area contributed by atoms with Crippen LogP contribution in [0.2, 0.25) is 0 Å². The molecule has 5 nitrogen and oxygen atoms in total. The van der Waals surface area contributed by atoms with Crippen molar-refractivity contribution in [3.05, 3.63) is 76.2 Å². The Bertz CT molecular complexity index is 1060. The van der Waals surface area contributed by atoms with E-state index in [0.717, 1.165) is 5.75 Å². The van der Waals surface area contributed by atoms with E-state index in [1.165, 1.54) is 54.0 Å². The van der Waals surface area contributed by atoms with Crippen LogP contribution in [0.3, 0.4) is 0 Å². The summed E-state index contributed by atoms with van der Waals surface area (Å²) in [6, 6.07) is 16.8. The van der Waals surface area contributed by atoms with Gasteiger partial charge in [-0.05, 0) is 60.1 Å². The molecule has 0 N–H and O–H groups in total. The van der Waals surface area contributed by atoms with Gasteiger partial charge in [0.25, 0.3) is 11.6 Å². The number of fused-ring (bicyclic) bond motifs is 2. The van der Waals surface area contributed by atoms with E-state index in [9.17, 15) is 4.79 Å². The maximum absolute atomic E-state index is 11.3. The Morgan fingerprint density at radius 1 is 1.00 bits per heavy atom. The van der Waals surface area contributed by atoms with Crippen LogP contribution in [-0.2, 0) is 19.4 Å². The molecule has 1 aliphatic carbocycles. The Hall–Kier alpha value is -3.08. The third-order valence-electron chi connectivity index (χ3n) is 5.49. The Balaban J connectivity index is 1.23. The van der Waals surface area contributed by atoms with Crippen LogP contribution >= 0.6 is 0 Å². The average Bonchev–Trinajstić information content (AvgIpc) is 3.14. The van der Waals surface area contributed by atoms with Crippen LogP contribution in [-0.4, -0.2) is 22.3 Å². The van der Waals surface area contributed by atoms with Gasteiger partial charge < -0.3 is 9.47 Å². The number of hydrogen-bond acceptors (Lipinski definition) is 4. The van der Waals surface area contributed by atoms with E-state index in [-0.39, 0.29) is 11.7 Å². The summed E-state index contributed by atoms with van der Waals surface area (Å²) >= 11 is 0. The van der Waals surface area contributed by atoms with Gasteiger partial charge in [0, 0.05) is 12.3 Å². The van der Waals surface area contributed by atoms with E-state index < -0.39 is 0 Å². The van der Waals surface area contributed by atoms with Crippen molar-refractivity contribution in [1.29, 1.82) is 0 Å². The minimum absolute atomic E-state index is 0.144. The van der Waals surface area contributed by atoms with Gasteiger partial charge in [-0.2, -0.15) is 4.98 Å². The number of rotatable bonds is 4. The maximum atomic E-state index is 11.3. The molecule has 3 aromatic rings. The van der Waals surface area contributed by atoms with E-state index in [1.807, 2.05) is 16.7 Å². The first-order chi connectivity index (χ1) is 13.7. The van der Waals surface area contributed by atoms with Crippen molar-refractivity contribution in [2.75, 3.05) is 6.61 Å². The van der Waals surface area contributed by atoms with Crippen molar-refractivity contribution in [2.45, 2.75) is 38.3 Å². The predicted molar refractivity (Wildman–Crippen MR) is 107 cm³/mol. The number of nitrogens with zero attached hydrogens (tertiary/aromatic N) is 2. The first kappa shape index (κ1) is 17.0. The molecule has 0 saturated carbocycles. The average molecular weight is 374 g/mol. The molecular weight excluding hydrogens is 352 g/mol. The minimum atomic E-state index is -0.286. The SMILES string of the molecule is O=c1ccn2c(n1)O[C@H](COc1ccc(-c3ccc4c(c3)CCCC4)cc1)C2. The lowest BCUT2D eigenvalue weighted by atomic mass is 9.89. The molecule has 0 radical (unpaired) electrons. The number of hydrogen-bond donors (Lipinski definition) is 0. The molecule has 5 rings (SSSR count). The molecule has 142 valence electrons.